The number of para-hydroxylation sites is 4. The normalized spacial score (nSPS) is 12.8. The van der Waals surface area contributed by atoms with Gasteiger partial charge < -0.3 is 27.8 Å². The van der Waals surface area contributed by atoms with Crippen LogP contribution in [0.5, 0.6) is 0 Å². The van der Waals surface area contributed by atoms with Crippen LogP contribution >= 0.6 is 0 Å². The molecule has 0 atom stereocenters. The van der Waals surface area contributed by atoms with Crippen molar-refractivity contribution in [2.75, 3.05) is 9.80 Å². The Morgan fingerprint density at radius 1 is 0.239 bits per heavy atom. The van der Waals surface area contributed by atoms with E-state index < -0.39 is 0 Å². The molecule has 4 heterocycles. The lowest BCUT2D eigenvalue weighted by molar-refractivity contribution is 0.567. The largest absolute Gasteiger partial charge is 0.456 e. The van der Waals surface area contributed by atoms with E-state index in [1.165, 1.54) is 71.7 Å². The van der Waals surface area contributed by atoms with Crippen molar-refractivity contribution in [1.29, 1.82) is 0 Å². The summed E-state index contributed by atoms with van der Waals surface area (Å²) in [5.74, 6) is 0. The molecule has 0 aliphatic heterocycles. The van der Waals surface area contributed by atoms with Crippen molar-refractivity contribution in [2.45, 2.75) is 105 Å². The third-order valence-corrected chi connectivity index (χ3v) is 19.2. The van der Waals surface area contributed by atoms with Crippen LogP contribution in [0.4, 0.5) is 34.1 Å². The SMILES string of the molecule is CC(C)(C)c1cc(-n2c3ccccc3c3cc(N(c4ccccc4)c4ccc5oc6cc7cc8c(cc7cc6c5c4)oc4ccc(N(c5ccccc5)c5ccc6c7ccccc7n(-c7cc(C(C)(C)C)cc(C(C)(C)C)c7)c6c5)cc48)ccc32)cc(C(C)(C)C)c1. The van der Waals surface area contributed by atoms with Gasteiger partial charge in [0.1, 0.15) is 22.3 Å². The summed E-state index contributed by atoms with van der Waals surface area (Å²) in [5.41, 5.74) is 22.0. The zero-order valence-electron chi connectivity index (χ0n) is 54.7. The minimum Gasteiger partial charge on any atom is -0.456 e. The quantitative estimate of drug-likeness (QED) is 0.152. The zero-order chi connectivity index (χ0) is 63.3. The minimum absolute atomic E-state index is 0.0189. The molecule has 16 rings (SSSR count). The van der Waals surface area contributed by atoms with Gasteiger partial charge in [0, 0.05) is 88.6 Å². The first-order valence-electron chi connectivity index (χ1n) is 32.5. The first-order chi connectivity index (χ1) is 44.1. The minimum atomic E-state index is -0.0361. The van der Waals surface area contributed by atoms with Crippen LogP contribution in [0, 0.1) is 0 Å². The number of fused-ring (bicyclic) bond motifs is 13. The Labute approximate surface area is 538 Å². The monoisotopic (exact) mass is 1200 g/mol. The second-order valence-electron chi connectivity index (χ2n) is 29.6. The predicted molar refractivity (Wildman–Crippen MR) is 391 cm³/mol. The fourth-order valence-electron chi connectivity index (χ4n) is 14.1. The lowest BCUT2D eigenvalue weighted by Gasteiger charge is -2.27. The van der Waals surface area contributed by atoms with Gasteiger partial charge in [-0.3, -0.25) is 0 Å². The average molecular weight is 1200 g/mol. The Morgan fingerprint density at radius 2 is 0.576 bits per heavy atom. The van der Waals surface area contributed by atoms with Crippen molar-refractivity contribution in [2.24, 2.45) is 0 Å². The summed E-state index contributed by atoms with van der Waals surface area (Å²) in [6.45, 7) is 27.8. The van der Waals surface area contributed by atoms with Crippen LogP contribution in [0.25, 0.3) is 110 Å². The van der Waals surface area contributed by atoms with E-state index in [9.17, 15) is 0 Å². The first-order valence-corrected chi connectivity index (χ1v) is 32.5. The molecule has 6 nitrogen and oxygen atoms in total. The van der Waals surface area contributed by atoms with Gasteiger partial charge in [0.2, 0.25) is 0 Å². The van der Waals surface area contributed by atoms with Gasteiger partial charge in [0.05, 0.1) is 22.1 Å². The predicted octanol–water partition coefficient (Wildman–Crippen LogP) is 25.0. The Kier molecular flexibility index (Phi) is 12.7. The summed E-state index contributed by atoms with van der Waals surface area (Å²) < 4.78 is 18.6. The fourth-order valence-corrected chi connectivity index (χ4v) is 14.1. The molecular weight excluding hydrogens is 1120 g/mol. The molecule has 0 unspecified atom stereocenters. The number of rotatable bonds is 8. The zero-order valence-corrected chi connectivity index (χ0v) is 54.7. The van der Waals surface area contributed by atoms with E-state index in [0.717, 1.165) is 94.3 Å². The lowest BCUT2D eigenvalue weighted by Crippen LogP contribution is -2.17. The van der Waals surface area contributed by atoms with E-state index in [4.69, 9.17) is 8.83 Å². The molecule has 12 aromatic carbocycles. The average Bonchev–Trinajstić information content (AvgIpc) is 1.58. The van der Waals surface area contributed by atoms with E-state index in [1.54, 1.807) is 0 Å². The molecule has 0 aliphatic rings. The van der Waals surface area contributed by atoms with Gasteiger partial charge in [0.25, 0.3) is 0 Å². The first kappa shape index (κ1) is 56.9. The fraction of sp³-hybridized carbons (Fsp3) is 0.186. The van der Waals surface area contributed by atoms with E-state index in [0.29, 0.717) is 0 Å². The highest BCUT2D eigenvalue weighted by Crippen LogP contribution is 2.47. The number of anilines is 6. The molecule has 0 spiro atoms. The van der Waals surface area contributed by atoms with Gasteiger partial charge in [-0.15, -0.1) is 0 Å². The highest BCUT2D eigenvalue weighted by atomic mass is 16.3. The van der Waals surface area contributed by atoms with Crippen LogP contribution in [-0.2, 0) is 21.7 Å². The van der Waals surface area contributed by atoms with Crippen molar-refractivity contribution in [1.82, 2.24) is 9.13 Å². The molecular formula is C86H76N4O2. The second-order valence-corrected chi connectivity index (χ2v) is 29.6. The highest BCUT2D eigenvalue weighted by molar-refractivity contribution is 6.17. The maximum absolute atomic E-state index is 6.83. The summed E-state index contributed by atoms with van der Waals surface area (Å²) in [6, 6.07) is 89.7. The van der Waals surface area contributed by atoms with E-state index >= 15 is 0 Å². The molecule has 0 fully saturated rings. The molecule has 0 saturated carbocycles. The topological polar surface area (TPSA) is 42.6 Å². The Hall–Kier alpha value is -10.3. The second kappa shape index (κ2) is 20.6. The maximum atomic E-state index is 6.83. The smallest absolute Gasteiger partial charge is 0.136 e. The Morgan fingerprint density at radius 3 is 1.02 bits per heavy atom. The molecule has 0 N–H and O–H groups in total. The van der Waals surface area contributed by atoms with Crippen LogP contribution in [-0.4, -0.2) is 9.13 Å². The third-order valence-electron chi connectivity index (χ3n) is 19.2. The summed E-state index contributed by atoms with van der Waals surface area (Å²) in [5, 5.41) is 11.2. The van der Waals surface area contributed by atoms with Gasteiger partial charge >= 0.3 is 0 Å². The number of nitrogens with zero attached hydrogens (tertiary/aromatic N) is 4. The molecule has 6 heteroatoms. The molecule has 0 saturated heterocycles. The number of hydrogen-bond acceptors (Lipinski definition) is 4. The summed E-state index contributed by atoms with van der Waals surface area (Å²) in [4.78, 5) is 4.76. The Balaban J connectivity index is 0.800. The summed E-state index contributed by atoms with van der Waals surface area (Å²) in [6.07, 6.45) is 0. The van der Waals surface area contributed by atoms with Crippen LogP contribution in [0.1, 0.15) is 105 Å². The molecule has 0 bridgehead atoms. The molecule has 92 heavy (non-hydrogen) atoms. The van der Waals surface area contributed by atoms with Crippen LogP contribution in [0.15, 0.2) is 251 Å². The van der Waals surface area contributed by atoms with Crippen LogP contribution < -0.4 is 9.80 Å². The van der Waals surface area contributed by atoms with E-state index in [-0.39, 0.29) is 21.7 Å². The summed E-state index contributed by atoms with van der Waals surface area (Å²) >= 11 is 0. The lowest BCUT2D eigenvalue weighted by atomic mass is 9.80. The van der Waals surface area contributed by atoms with Crippen molar-refractivity contribution in [3.63, 3.8) is 0 Å². The van der Waals surface area contributed by atoms with E-state index in [1.807, 2.05) is 0 Å². The van der Waals surface area contributed by atoms with Crippen LogP contribution in [0.3, 0.4) is 0 Å². The van der Waals surface area contributed by atoms with Crippen molar-refractivity contribution in [3.8, 4) is 11.4 Å². The number of benzene rings is 12. The third kappa shape index (κ3) is 9.52. The van der Waals surface area contributed by atoms with Crippen molar-refractivity contribution < 1.29 is 8.83 Å². The standard InChI is InChI=1S/C86H76N4O2/c1-83(2,3)55-43-56(84(4,5)6)46-65(45-55)89-76-30-22-20-28-68(76)70-49-61(32-36-77(70)89)87(59-23-15-13-16-24-59)62-33-37-79-73(50-62)71-39-53-42-82-72(40-54(53)41-81(71)91-79)74-51-63(34-38-80(74)92-82)88(60-25-17-14-18-26-60)64-31-35-69-67-27-19-21-29-75(67)90(78(69)52-64)66-47-57(85(7,8)9)44-58(48-66)86(10,11)12/h13-52H,1-12H3. The Bertz CT molecular complexity index is 5560. The molecule has 452 valence electrons. The number of hydrogen-bond donors (Lipinski definition) is 0. The number of furan rings is 2. The van der Waals surface area contributed by atoms with Gasteiger partial charge in [-0.25, -0.2) is 0 Å². The molecule has 0 radical (unpaired) electrons. The van der Waals surface area contributed by atoms with Crippen molar-refractivity contribution in [3.05, 3.63) is 265 Å². The summed E-state index contributed by atoms with van der Waals surface area (Å²) in [7, 11) is 0. The molecule has 0 aliphatic carbocycles. The highest BCUT2D eigenvalue weighted by Gasteiger charge is 2.27. The molecule has 4 aromatic heterocycles. The van der Waals surface area contributed by atoms with Gasteiger partial charge in [-0.05, 0) is 206 Å². The van der Waals surface area contributed by atoms with Gasteiger partial charge in [0.15, 0.2) is 0 Å². The van der Waals surface area contributed by atoms with E-state index in [2.05, 4.69) is 345 Å². The number of aromatic nitrogens is 2. The van der Waals surface area contributed by atoms with Crippen molar-refractivity contribution >= 4 is 132 Å². The maximum Gasteiger partial charge on any atom is 0.136 e. The van der Waals surface area contributed by atoms with Crippen LogP contribution in [0.2, 0.25) is 0 Å². The molecule has 0 amide bonds. The van der Waals surface area contributed by atoms with Gasteiger partial charge in [-0.1, -0.05) is 174 Å². The van der Waals surface area contributed by atoms with Gasteiger partial charge in [-0.2, -0.15) is 0 Å². The molecule has 16 aromatic rings.